The molecule has 0 saturated carbocycles. The molecule has 0 spiro atoms. The Balaban J connectivity index is 1.51. The van der Waals surface area contributed by atoms with E-state index in [0.717, 1.165) is 0 Å². The zero-order valence-corrected chi connectivity index (χ0v) is 15.9. The minimum absolute atomic E-state index is 0.0693. The molecular weight excluding hydrogens is 388 g/mol. The van der Waals surface area contributed by atoms with Crippen LogP contribution in [-0.2, 0) is 20.9 Å². The van der Waals surface area contributed by atoms with Crippen LogP contribution in [0.15, 0.2) is 41.9 Å². The van der Waals surface area contributed by atoms with E-state index >= 15 is 0 Å². The number of carboxylic acid groups (broad SMARTS) is 1. The molecule has 2 N–H and O–H groups in total. The van der Waals surface area contributed by atoms with Gasteiger partial charge in [0, 0.05) is 35.1 Å². The number of rotatable bonds is 5. The summed E-state index contributed by atoms with van der Waals surface area (Å²) in [6.07, 6.45) is 3.68. The highest BCUT2D eigenvalue weighted by Crippen LogP contribution is 2.40. The summed E-state index contributed by atoms with van der Waals surface area (Å²) in [7, 11) is 0. The zero-order valence-electron chi connectivity index (χ0n) is 14.3. The lowest BCUT2D eigenvalue weighted by Gasteiger charge is -2.50. The summed E-state index contributed by atoms with van der Waals surface area (Å²) < 4.78 is 1.85. The number of hydrogen-bond donors (Lipinski definition) is 2. The van der Waals surface area contributed by atoms with Gasteiger partial charge in [0.1, 0.15) is 11.4 Å². The second-order valence-electron chi connectivity index (χ2n) is 6.46. The Kier molecular flexibility index (Phi) is 5.11. The van der Waals surface area contributed by atoms with E-state index in [9.17, 15) is 19.5 Å². The molecule has 10 heteroatoms. The molecule has 1 aromatic heterocycles. The highest BCUT2D eigenvalue weighted by Gasteiger charge is 2.53. The van der Waals surface area contributed by atoms with E-state index in [1.54, 1.807) is 11.8 Å². The summed E-state index contributed by atoms with van der Waals surface area (Å²) in [5, 5.41) is 17.2. The number of aliphatic carboxylic acids is 1. The van der Waals surface area contributed by atoms with Crippen molar-refractivity contribution in [3.63, 3.8) is 0 Å². The van der Waals surface area contributed by atoms with Gasteiger partial charge >= 0.3 is 0 Å². The van der Waals surface area contributed by atoms with Crippen molar-refractivity contribution in [2.24, 2.45) is 0 Å². The standard InChI is InChI=1S/C17H18N4O4S2/c22-14(11-8-26-9-18-11)19-12-15(23)21-13(17(24)25)10(7-27-16(12)21)6-20-4-2-1-3-5-20/h1-5,11-12,16,18H,6-9H2,(H-,19,22,24,25)/t11?,12?,16-/m0/s1. The fraction of sp³-hybridized carbons (Fsp3) is 0.412. The van der Waals surface area contributed by atoms with Crippen molar-refractivity contribution in [2.75, 3.05) is 17.4 Å². The van der Waals surface area contributed by atoms with E-state index in [0.29, 0.717) is 29.5 Å². The van der Waals surface area contributed by atoms with E-state index in [-0.39, 0.29) is 17.6 Å². The molecule has 3 atom stereocenters. The molecular formula is C17H18N4O4S2. The second-order valence-corrected chi connectivity index (χ2v) is 8.59. The average molecular weight is 406 g/mol. The maximum absolute atomic E-state index is 12.6. The van der Waals surface area contributed by atoms with E-state index < -0.39 is 23.3 Å². The Labute approximate surface area is 164 Å². The minimum atomic E-state index is -1.36. The number of aromatic nitrogens is 1. The van der Waals surface area contributed by atoms with E-state index in [4.69, 9.17) is 0 Å². The number of nitrogens with one attached hydrogen (secondary N) is 2. The van der Waals surface area contributed by atoms with Crippen LogP contribution in [0.1, 0.15) is 0 Å². The van der Waals surface area contributed by atoms with E-state index in [1.165, 1.54) is 16.7 Å². The summed E-state index contributed by atoms with van der Waals surface area (Å²) >= 11 is 3.08. The zero-order chi connectivity index (χ0) is 19.0. The molecule has 142 valence electrons. The largest absolute Gasteiger partial charge is 0.543 e. The monoisotopic (exact) mass is 406 g/mol. The van der Waals surface area contributed by atoms with Gasteiger partial charge in [0.05, 0.1) is 17.7 Å². The molecule has 4 rings (SSSR count). The Morgan fingerprint density at radius 3 is 2.78 bits per heavy atom. The number of carbonyl (C=O) groups is 3. The molecule has 2 fully saturated rings. The number of carbonyl (C=O) groups excluding carboxylic acids is 3. The third-order valence-electron chi connectivity index (χ3n) is 4.72. The van der Waals surface area contributed by atoms with Crippen molar-refractivity contribution >= 4 is 41.3 Å². The van der Waals surface area contributed by atoms with Gasteiger partial charge in [-0.05, 0) is 0 Å². The van der Waals surface area contributed by atoms with Crippen LogP contribution in [0.25, 0.3) is 0 Å². The third kappa shape index (κ3) is 3.44. The lowest BCUT2D eigenvalue weighted by Crippen LogP contribution is -2.72. The fourth-order valence-corrected chi connectivity index (χ4v) is 5.65. The number of fused-ring (bicyclic) bond motifs is 1. The molecule has 4 heterocycles. The first kappa shape index (κ1) is 18.3. The molecule has 27 heavy (non-hydrogen) atoms. The number of carboxylic acids is 1. The van der Waals surface area contributed by atoms with Gasteiger partial charge in [-0.1, -0.05) is 6.07 Å². The summed E-state index contributed by atoms with van der Waals surface area (Å²) in [6.45, 7) is 0.369. The van der Waals surface area contributed by atoms with Gasteiger partial charge in [-0.3, -0.25) is 19.8 Å². The van der Waals surface area contributed by atoms with Gasteiger partial charge in [-0.25, -0.2) is 4.57 Å². The van der Waals surface area contributed by atoms with Crippen molar-refractivity contribution in [2.45, 2.75) is 24.0 Å². The highest BCUT2D eigenvalue weighted by atomic mass is 32.2. The molecule has 0 bridgehead atoms. The van der Waals surface area contributed by atoms with Crippen LogP contribution in [0.5, 0.6) is 0 Å². The van der Waals surface area contributed by atoms with E-state index in [2.05, 4.69) is 10.6 Å². The SMILES string of the molecule is O=C([O-])C1=C(C[n+]2ccccc2)CS[C@H]2C(NC(=O)C3CSCN3)C(=O)N12. The molecule has 0 radical (unpaired) electrons. The Morgan fingerprint density at radius 1 is 1.33 bits per heavy atom. The molecule has 8 nitrogen and oxygen atoms in total. The van der Waals surface area contributed by atoms with Gasteiger partial charge in [0.15, 0.2) is 18.9 Å². The minimum Gasteiger partial charge on any atom is -0.543 e. The van der Waals surface area contributed by atoms with Crippen LogP contribution in [-0.4, -0.2) is 57.5 Å². The first-order valence-corrected chi connectivity index (χ1v) is 10.7. The first-order valence-electron chi connectivity index (χ1n) is 8.50. The van der Waals surface area contributed by atoms with Crippen molar-refractivity contribution in [1.82, 2.24) is 15.5 Å². The quantitative estimate of drug-likeness (QED) is 0.432. The number of nitrogens with zero attached hydrogens (tertiary/aromatic N) is 2. The average Bonchev–Trinajstić information content (AvgIpc) is 3.21. The van der Waals surface area contributed by atoms with E-state index in [1.807, 2.05) is 35.2 Å². The third-order valence-corrected chi connectivity index (χ3v) is 7.00. The van der Waals surface area contributed by atoms with Gasteiger partial charge in [-0.15, -0.1) is 23.5 Å². The van der Waals surface area contributed by atoms with Gasteiger partial charge in [0.2, 0.25) is 5.91 Å². The lowest BCUT2D eigenvalue weighted by molar-refractivity contribution is -0.689. The van der Waals surface area contributed by atoms with Gasteiger partial charge in [-0.2, -0.15) is 0 Å². The fourth-order valence-electron chi connectivity index (χ4n) is 3.37. The van der Waals surface area contributed by atoms with Gasteiger partial charge in [0.25, 0.3) is 5.91 Å². The Bertz CT molecular complexity index is 810. The predicted molar refractivity (Wildman–Crippen MR) is 97.9 cm³/mol. The molecule has 2 unspecified atom stereocenters. The number of thioether (sulfide) groups is 2. The molecule has 3 aliphatic heterocycles. The summed E-state index contributed by atoms with van der Waals surface area (Å²) in [4.78, 5) is 37.9. The maximum atomic E-state index is 12.6. The molecule has 1 aromatic rings. The van der Waals surface area contributed by atoms with Crippen LogP contribution in [0.4, 0.5) is 0 Å². The number of hydrogen-bond acceptors (Lipinski definition) is 7. The van der Waals surface area contributed by atoms with Crippen LogP contribution in [0, 0.1) is 0 Å². The highest BCUT2D eigenvalue weighted by molar-refractivity contribution is 8.00. The van der Waals surface area contributed by atoms with Crippen molar-refractivity contribution in [3.8, 4) is 0 Å². The smallest absolute Gasteiger partial charge is 0.253 e. The number of amides is 2. The summed E-state index contributed by atoms with van der Waals surface area (Å²) in [5.74, 6) is -0.150. The molecule has 2 amide bonds. The van der Waals surface area contributed by atoms with Crippen molar-refractivity contribution < 1.29 is 24.1 Å². The normalized spacial score (nSPS) is 27.2. The first-order chi connectivity index (χ1) is 13.1. The van der Waals surface area contributed by atoms with Crippen LogP contribution < -0.4 is 20.3 Å². The topological polar surface area (TPSA) is 105 Å². The van der Waals surface area contributed by atoms with Crippen molar-refractivity contribution in [1.29, 1.82) is 0 Å². The summed E-state index contributed by atoms with van der Waals surface area (Å²) in [5.41, 5.74) is 0.555. The molecule has 0 aliphatic carbocycles. The Morgan fingerprint density at radius 2 is 2.11 bits per heavy atom. The van der Waals surface area contributed by atoms with Crippen LogP contribution in [0.2, 0.25) is 0 Å². The Hall–Kier alpha value is -2.04. The summed E-state index contributed by atoms with van der Waals surface area (Å²) in [6, 6.07) is 4.57. The second kappa shape index (κ2) is 7.53. The molecule has 0 aromatic carbocycles. The number of pyridine rings is 1. The predicted octanol–water partition coefficient (Wildman–Crippen LogP) is -1.96. The van der Waals surface area contributed by atoms with Crippen molar-refractivity contribution in [3.05, 3.63) is 41.9 Å². The lowest BCUT2D eigenvalue weighted by atomic mass is 10.0. The molecule has 3 aliphatic rings. The van der Waals surface area contributed by atoms with Crippen LogP contribution >= 0.6 is 23.5 Å². The maximum Gasteiger partial charge on any atom is 0.253 e. The van der Waals surface area contributed by atoms with Gasteiger partial charge < -0.3 is 15.2 Å². The molecule has 2 saturated heterocycles. The van der Waals surface area contributed by atoms with Crippen LogP contribution in [0.3, 0.4) is 0 Å². The number of β-lactam (4-membered cyclic amide) rings is 1.